The van der Waals surface area contributed by atoms with E-state index in [1.165, 1.54) is 0 Å². The number of halogens is 1. The molecular weight excluding hydrogens is 330 g/mol. The number of rotatable bonds is 3. The molecule has 3 rings (SSSR count). The molecule has 0 bridgehead atoms. The molecule has 4 heteroatoms. The van der Waals surface area contributed by atoms with Gasteiger partial charge in [-0.05, 0) is 24.3 Å². The second kappa shape index (κ2) is 5.82. The molecule has 2 aromatic carbocycles. The van der Waals surface area contributed by atoms with Gasteiger partial charge in [0.1, 0.15) is 0 Å². The summed E-state index contributed by atoms with van der Waals surface area (Å²) in [4.78, 5) is 26.1. The summed E-state index contributed by atoms with van der Waals surface area (Å²) in [5.41, 5.74) is 2.14. The molecule has 21 heavy (non-hydrogen) atoms. The van der Waals surface area contributed by atoms with Crippen molar-refractivity contribution in [3.05, 3.63) is 65.7 Å². The van der Waals surface area contributed by atoms with E-state index < -0.39 is 0 Å². The molecule has 1 aliphatic heterocycles. The number of alkyl halides is 1. The monoisotopic (exact) mass is 343 g/mol. The molecule has 106 valence electrons. The summed E-state index contributed by atoms with van der Waals surface area (Å²) < 4.78 is 0. The zero-order valence-corrected chi connectivity index (χ0v) is 12.9. The van der Waals surface area contributed by atoms with E-state index in [4.69, 9.17) is 0 Å². The van der Waals surface area contributed by atoms with Crippen LogP contribution in [0, 0.1) is 0 Å². The third-order valence-corrected chi connectivity index (χ3v) is 4.17. The molecule has 0 aromatic heterocycles. The number of nitrogens with zero attached hydrogens (tertiary/aromatic N) is 1. The maximum Gasteiger partial charge on any atom is 0.228 e. The summed E-state index contributed by atoms with van der Waals surface area (Å²) in [6.45, 7) is 0.671. The van der Waals surface area contributed by atoms with E-state index in [-0.39, 0.29) is 16.5 Å². The largest absolute Gasteiger partial charge is 0.311 e. The standard InChI is InChI=1S/C17H14BrNO2/c18-14-10-16(20)19(11-14)15-8-6-13(7-9-15)17(21)12-4-2-1-3-5-12/h1-9,14H,10-11H2. The smallest absolute Gasteiger partial charge is 0.228 e. The molecule has 1 fully saturated rings. The normalized spacial score (nSPS) is 18.0. The highest BCUT2D eigenvalue weighted by atomic mass is 79.9. The Labute approximate surface area is 131 Å². The number of anilines is 1. The summed E-state index contributed by atoms with van der Waals surface area (Å²) in [5.74, 6) is 0.104. The van der Waals surface area contributed by atoms with Crippen molar-refractivity contribution in [3.63, 3.8) is 0 Å². The Morgan fingerprint density at radius 2 is 1.62 bits per heavy atom. The predicted molar refractivity (Wildman–Crippen MR) is 86.0 cm³/mol. The Hall–Kier alpha value is -1.94. The first-order chi connectivity index (χ1) is 10.1. The molecule has 1 heterocycles. The number of amides is 1. The van der Waals surface area contributed by atoms with E-state index in [1.807, 2.05) is 30.3 Å². The quantitative estimate of drug-likeness (QED) is 0.632. The number of carbonyl (C=O) groups is 2. The van der Waals surface area contributed by atoms with Gasteiger partial charge >= 0.3 is 0 Å². The second-order valence-electron chi connectivity index (χ2n) is 5.05. The van der Waals surface area contributed by atoms with Crippen LogP contribution in [0.25, 0.3) is 0 Å². The van der Waals surface area contributed by atoms with Crippen molar-refractivity contribution in [2.75, 3.05) is 11.4 Å². The van der Waals surface area contributed by atoms with Gasteiger partial charge in [0.2, 0.25) is 5.91 Å². The van der Waals surface area contributed by atoms with Crippen LogP contribution in [0.2, 0.25) is 0 Å². The summed E-state index contributed by atoms with van der Waals surface area (Å²) in [6, 6.07) is 16.4. The van der Waals surface area contributed by atoms with Crippen LogP contribution in [-0.4, -0.2) is 23.1 Å². The fraction of sp³-hybridized carbons (Fsp3) is 0.176. The third kappa shape index (κ3) is 2.90. The molecule has 1 unspecified atom stereocenters. The number of hydrogen-bond acceptors (Lipinski definition) is 2. The van der Waals surface area contributed by atoms with Gasteiger partial charge in [0.25, 0.3) is 0 Å². The molecule has 0 saturated carbocycles. The summed E-state index contributed by atoms with van der Waals surface area (Å²) in [6.07, 6.45) is 0.519. The van der Waals surface area contributed by atoms with E-state index in [0.717, 1.165) is 5.69 Å². The van der Waals surface area contributed by atoms with Crippen molar-refractivity contribution in [2.45, 2.75) is 11.2 Å². The molecule has 0 aliphatic carbocycles. The minimum Gasteiger partial charge on any atom is -0.311 e. The molecule has 1 aliphatic rings. The van der Waals surface area contributed by atoms with Crippen molar-refractivity contribution in [1.29, 1.82) is 0 Å². The average molecular weight is 344 g/mol. The molecule has 3 nitrogen and oxygen atoms in total. The van der Waals surface area contributed by atoms with Gasteiger partial charge in [-0.25, -0.2) is 0 Å². The first kappa shape index (κ1) is 14.0. The van der Waals surface area contributed by atoms with E-state index in [2.05, 4.69) is 15.9 Å². The van der Waals surface area contributed by atoms with Gasteiger partial charge in [-0.3, -0.25) is 9.59 Å². The van der Waals surface area contributed by atoms with Gasteiger partial charge < -0.3 is 4.90 Å². The third-order valence-electron chi connectivity index (χ3n) is 3.55. The van der Waals surface area contributed by atoms with Gasteiger partial charge in [0.15, 0.2) is 5.78 Å². The van der Waals surface area contributed by atoms with Crippen LogP contribution in [-0.2, 0) is 4.79 Å². The Kier molecular flexibility index (Phi) is 3.88. The number of hydrogen-bond donors (Lipinski definition) is 0. The SMILES string of the molecule is O=C(c1ccccc1)c1ccc(N2CC(Br)CC2=O)cc1. The van der Waals surface area contributed by atoms with Crippen LogP contribution in [0.15, 0.2) is 54.6 Å². The average Bonchev–Trinajstić information content (AvgIpc) is 2.86. The van der Waals surface area contributed by atoms with Gasteiger partial charge in [-0.1, -0.05) is 46.3 Å². The summed E-state index contributed by atoms with van der Waals surface area (Å²) in [7, 11) is 0. The number of ketones is 1. The van der Waals surface area contributed by atoms with Crippen molar-refractivity contribution >= 4 is 33.3 Å². The first-order valence-corrected chi connectivity index (χ1v) is 7.71. The lowest BCUT2D eigenvalue weighted by molar-refractivity contribution is -0.117. The fourth-order valence-electron chi connectivity index (χ4n) is 2.46. The van der Waals surface area contributed by atoms with Gasteiger partial charge in [-0.2, -0.15) is 0 Å². The summed E-state index contributed by atoms with van der Waals surface area (Å²) >= 11 is 3.47. The Morgan fingerprint density at radius 1 is 1.00 bits per heavy atom. The summed E-state index contributed by atoms with van der Waals surface area (Å²) in [5, 5.41) is 0. The Balaban J connectivity index is 1.82. The van der Waals surface area contributed by atoms with E-state index in [1.54, 1.807) is 29.2 Å². The van der Waals surface area contributed by atoms with Crippen molar-refractivity contribution in [3.8, 4) is 0 Å². The molecule has 1 atom stereocenters. The lowest BCUT2D eigenvalue weighted by Crippen LogP contribution is -2.24. The molecule has 1 amide bonds. The zero-order chi connectivity index (χ0) is 14.8. The molecule has 1 saturated heterocycles. The highest BCUT2D eigenvalue weighted by Gasteiger charge is 2.28. The van der Waals surface area contributed by atoms with Crippen LogP contribution in [0.1, 0.15) is 22.3 Å². The van der Waals surface area contributed by atoms with E-state index >= 15 is 0 Å². The van der Waals surface area contributed by atoms with Crippen LogP contribution in [0.4, 0.5) is 5.69 Å². The van der Waals surface area contributed by atoms with E-state index in [0.29, 0.717) is 24.1 Å². The number of carbonyl (C=O) groups excluding carboxylic acids is 2. The minimum atomic E-state index is -0.00623. The molecule has 0 radical (unpaired) electrons. The predicted octanol–water partition coefficient (Wildman–Crippen LogP) is 3.42. The zero-order valence-electron chi connectivity index (χ0n) is 11.3. The van der Waals surface area contributed by atoms with Gasteiger partial charge in [0.05, 0.1) is 0 Å². The van der Waals surface area contributed by atoms with Crippen molar-refractivity contribution < 1.29 is 9.59 Å². The highest BCUT2D eigenvalue weighted by Crippen LogP contribution is 2.25. The second-order valence-corrected chi connectivity index (χ2v) is 6.34. The maximum atomic E-state index is 12.3. The first-order valence-electron chi connectivity index (χ1n) is 6.79. The maximum absolute atomic E-state index is 12.3. The van der Waals surface area contributed by atoms with Gasteiger partial charge in [0, 0.05) is 34.6 Å². The van der Waals surface area contributed by atoms with E-state index in [9.17, 15) is 9.59 Å². The number of benzene rings is 2. The minimum absolute atomic E-state index is 0.00623. The molecule has 0 N–H and O–H groups in total. The topological polar surface area (TPSA) is 37.4 Å². The van der Waals surface area contributed by atoms with Crippen molar-refractivity contribution in [2.24, 2.45) is 0 Å². The van der Waals surface area contributed by atoms with Gasteiger partial charge in [-0.15, -0.1) is 0 Å². The molecule has 0 spiro atoms. The fourth-order valence-corrected chi connectivity index (χ4v) is 3.03. The van der Waals surface area contributed by atoms with Crippen LogP contribution < -0.4 is 4.90 Å². The molecule has 2 aromatic rings. The molecular formula is C17H14BrNO2. The van der Waals surface area contributed by atoms with Crippen molar-refractivity contribution in [1.82, 2.24) is 0 Å². The van der Waals surface area contributed by atoms with Crippen LogP contribution in [0.3, 0.4) is 0 Å². The van der Waals surface area contributed by atoms with Crippen LogP contribution >= 0.6 is 15.9 Å². The lowest BCUT2D eigenvalue weighted by Gasteiger charge is -2.16. The highest BCUT2D eigenvalue weighted by molar-refractivity contribution is 9.09. The lowest BCUT2D eigenvalue weighted by atomic mass is 10.0. The van der Waals surface area contributed by atoms with Crippen LogP contribution in [0.5, 0.6) is 0 Å². The Morgan fingerprint density at radius 3 is 2.19 bits per heavy atom. The Bertz CT molecular complexity index is 667.